The van der Waals surface area contributed by atoms with Gasteiger partial charge in [-0.1, -0.05) is 44.7 Å². The Balaban J connectivity index is 2.05. The molecule has 0 radical (unpaired) electrons. The molecule has 5 nitrogen and oxygen atoms in total. The zero-order valence-electron chi connectivity index (χ0n) is 13.9. The molecule has 126 valence electrons. The van der Waals surface area contributed by atoms with Crippen LogP contribution in [0.1, 0.15) is 59.7 Å². The van der Waals surface area contributed by atoms with E-state index in [1.165, 1.54) is 0 Å². The maximum Gasteiger partial charge on any atom is 0.261 e. The summed E-state index contributed by atoms with van der Waals surface area (Å²) in [5, 5.41) is 9.42. The van der Waals surface area contributed by atoms with E-state index < -0.39 is 11.8 Å². The van der Waals surface area contributed by atoms with Gasteiger partial charge in [0.1, 0.15) is 6.29 Å². The molecule has 0 bridgehead atoms. The molecule has 5 heteroatoms. The van der Waals surface area contributed by atoms with Crippen LogP contribution >= 0.6 is 0 Å². The van der Waals surface area contributed by atoms with Gasteiger partial charge in [-0.3, -0.25) is 14.5 Å². The third-order valence-corrected chi connectivity index (χ3v) is 4.51. The number of aldehydes is 1. The van der Waals surface area contributed by atoms with Gasteiger partial charge in [-0.15, -0.1) is 0 Å². The van der Waals surface area contributed by atoms with Gasteiger partial charge in [0.2, 0.25) is 0 Å². The van der Waals surface area contributed by atoms with Crippen LogP contribution in [0, 0.1) is 23.2 Å². The highest BCUT2D eigenvalue weighted by atomic mass is 16.2. The van der Waals surface area contributed by atoms with E-state index in [-0.39, 0.29) is 18.4 Å². The maximum atomic E-state index is 12.4. The minimum atomic E-state index is -0.661. The van der Waals surface area contributed by atoms with E-state index in [1.807, 2.05) is 0 Å². The van der Waals surface area contributed by atoms with Crippen molar-refractivity contribution in [3.63, 3.8) is 0 Å². The van der Waals surface area contributed by atoms with Gasteiger partial charge in [-0.2, -0.15) is 5.26 Å². The number of benzene rings is 1. The average Bonchev–Trinajstić information content (AvgIpc) is 2.85. The van der Waals surface area contributed by atoms with Crippen LogP contribution in [0.4, 0.5) is 0 Å². The molecule has 2 atom stereocenters. The number of nitrogens with zero attached hydrogens (tertiary/aromatic N) is 2. The van der Waals surface area contributed by atoms with Crippen LogP contribution in [-0.4, -0.2) is 29.5 Å². The number of hydrogen-bond acceptors (Lipinski definition) is 4. The predicted octanol–water partition coefficient (Wildman–Crippen LogP) is 3.21. The Labute approximate surface area is 142 Å². The molecule has 0 saturated heterocycles. The molecule has 24 heavy (non-hydrogen) atoms. The molecule has 1 aromatic carbocycles. The van der Waals surface area contributed by atoms with E-state index in [4.69, 9.17) is 0 Å². The molecule has 0 spiro atoms. The summed E-state index contributed by atoms with van der Waals surface area (Å²) < 4.78 is 0. The van der Waals surface area contributed by atoms with E-state index in [1.54, 1.807) is 24.3 Å². The smallest absolute Gasteiger partial charge is 0.261 e. The fraction of sp³-hybridized carbons (Fsp3) is 0.474. The summed E-state index contributed by atoms with van der Waals surface area (Å²) in [6.45, 7) is 2.08. The van der Waals surface area contributed by atoms with Crippen LogP contribution in [0.25, 0.3) is 0 Å². The number of imide groups is 1. The number of rotatable bonds is 9. The van der Waals surface area contributed by atoms with Crippen molar-refractivity contribution in [1.29, 1.82) is 5.26 Å². The SMILES string of the molecule is CCCCCC[C@@H](C=O)[C@@H](C#N)CN1C(=O)c2ccccc2C1=O. The molecule has 1 aliphatic heterocycles. The number of unbranched alkanes of at least 4 members (excludes halogenated alkanes) is 3. The lowest BCUT2D eigenvalue weighted by atomic mass is 9.89. The fourth-order valence-electron chi connectivity index (χ4n) is 3.04. The largest absolute Gasteiger partial charge is 0.303 e. The molecule has 2 amide bonds. The molecule has 0 unspecified atom stereocenters. The van der Waals surface area contributed by atoms with Crippen molar-refractivity contribution >= 4 is 18.1 Å². The van der Waals surface area contributed by atoms with Crippen LogP contribution < -0.4 is 0 Å². The molecule has 1 heterocycles. The third kappa shape index (κ3) is 3.70. The minimum absolute atomic E-state index is 0.0277. The second kappa shape index (κ2) is 8.39. The lowest BCUT2D eigenvalue weighted by molar-refractivity contribution is -0.112. The summed E-state index contributed by atoms with van der Waals surface area (Å²) in [6.07, 6.45) is 5.50. The molecule has 1 aromatic rings. The van der Waals surface area contributed by atoms with Gasteiger partial charge in [0.25, 0.3) is 11.8 Å². The first kappa shape index (κ1) is 17.9. The average molecular weight is 326 g/mol. The first-order valence-corrected chi connectivity index (χ1v) is 8.44. The minimum Gasteiger partial charge on any atom is -0.303 e. The zero-order valence-corrected chi connectivity index (χ0v) is 13.9. The highest BCUT2D eigenvalue weighted by molar-refractivity contribution is 6.21. The molecular formula is C19H22N2O3. The van der Waals surface area contributed by atoms with Gasteiger partial charge in [0.05, 0.1) is 23.1 Å². The molecular weight excluding hydrogens is 304 g/mol. The van der Waals surface area contributed by atoms with Gasteiger partial charge in [0, 0.05) is 12.5 Å². The first-order valence-electron chi connectivity index (χ1n) is 8.44. The van der Waals surface area contributed by atoms with Gasteiger partial charge in [-0.25, -0.2) is 0 Å². The summed E-state index contributed by atoms with van der Waals surface area (Å²) in [7, 11) is 0. The van der Waals surface area contributed by atoms with Crippen LogP contribution in [0.5, 0.6) is 0 Å². The maximum absolute atomic E-state index is 12.4. The van der Waals surface area contributed by atoms with Crippen LogP contribution in [0.15, 0.2) is 24.3 Å². The summed E-state index contributed by atoms with van der Waals surface area (Å²) in [4.78, 5) is 37.2. The first-order chi connectivity index (χ1) is 11.6. The number of hydrogen-bond donors (Lipinski definition) is 0. The molecule has 0 aliphatic carbocycles. The second-order valence-corrected chi connectivity index (χ2v) is 6.15. The highest BCUT2D eigenvalue weighted by Gasteiger charge is 2.37. The number of carbonyl (C=O) groups excluding carboxylic acids is 3. The van der Waals surface area contributed by atoms with Crippen LogP contribution in [0.3, 0.4) is 0 Å². The Kier molecular flexibility index (Phi) is 6.25. The number of amides is 2. The number of carbonyl (C=O) groups is 3. The zero-order chi connectivity index (χ0) is 17.5. The summed E-state index contributed by atoms with van der Waals surface area (Å²) in [6, 6.07) is 8.74. The highest BCUT2D eigenvalue weighted by Crippen LogP contribution is 2.26. The van der Waals surface area contributed by atoms with Crippen molar-refractivity contribution in [3.05, 3.63) is 35.4 Å². The summed E-state index contributed by atoms with van der Waals surface area (Å²) in [5.41, 5.74) is 0.731. The van der Waals surface area contributed by atoms with Gasteiger partial charge in [0.15, 0.2) is 0 Å². The summed E-state index contributed by atoms with van der Waals surface area (Å²) >= 11 is 0. The normalized spacial score (nSPS) is 15.8. The Hall–Kier alpha value is -2.48. The standard InChI is InChI=1S/C19H22N2O3/c1-2-3-4-5-8-14(13-22)15(11-20)12-21-18(23)16-9-6-7-10-17(16)19(21)24/h6-7,9-10,13-15H,2-5,8,12H2,1H3/t14-,15-/m0/s1. The van der Waals surface area contributed by atoms with E-state index in [0.717, 1.165) is 36.9 Å². The number of nitriles is 1. The van der Waals surface area contributed by atoms with Crippen LogP contribution in [-0.2, 0) is 4.79 Å². The van der Waals surface area contributed by atoms with Crippen molar-refractivity contribution < 1.29 is 14.4 Å². The lowest BCUT2D eigenvalue weighted by Gasteiger charge is -2.21. The quantitative estimate of drug-likeness (QED) is 0.396. The monoisotopic (exact) mass is 326 g/mol. The summed E-state index contributed by atoms with van der Waals surface area (Å²) in [5.74, 6) is -1.87. The number of fused-ring (bicyclic) bond motifs is 1. The van der Waals surface area contributed by atoms with Gasteiger partial charge in [-0.05, 0) is 18.6 Å². The molecule has 1 aliphatic rings. The Bertz CT molecular complexity index is 628. The Morgan fingerprint density at radius 3 is 2.25 bits per heavy atom. The second-order valence-electron chi connectivity index (χ2n) is 6.15. The van der Waals surface area contributed by atoms with Crippen molar-refractivity contribution in [1.82, 2.24) is 4.90 Å². The Morgan fingerprint density at radius 2 is 1.75 bits per heavy atom. The molecule has 0 fully saturated rings. The molecule has 2 rings (SSSR count). The van der Waals surface area contributed by atoms with Crippen LogP contribution in [0.2, 0.25) is 0 Å². The van der Waals surface area contributed by atoms with Gasteiger partial charge < -0.3 is 4.79 Å². The van der Waals surface area contributed by atoms with Crippen molar-refractivity contribution in [2.45, 2.75) is 39.0 Å². The molecule has 0 N–H and O–H groups in total. The third-order valence-electron chi connectivity index (χ3n) is 4.51. The fourth-order valence-corrected chi connectivity index (χ4v) is 3.04. The van der Waals surface area contributed by atoms with E-state index in [0.29, 0.717) is 17.5 Å². The van der Waals surface area contributed by atoms with Crippen molar-refractivity contribution in [2.75, 3.05) is 6.54 Å². The van der Waals surface area contributed by atoms with E-state index in [2.05, 4.69) is 13.0 Å². The van der Waals surface area contributed by atoms with Crippen molar-refractivity contribution in [2.24, 2.45) is 11.8 Å². The molecule has 0 aromatic heterocycles. The van der Waals surface area contributed by atoms with Crippen molar-refractivity contribution in [3.8, 4) is 6.07 Å². The van der Waals surface area contributed by atoms with E-state index in [9.17, 15) is 19.6 Å². The topological polar surface area (TPSA) is 78.2 Å². The van der Waals surface area contributed by atoms with Gasteiger partial charge >= 0.3 is 0 Å². The lowest BCUT2D eigenvalue weighted by Crippen LogP contribution is -2.37. The predicted molar refractivity (Wildman–Crippen MR) is 89.2 cm³/mol. The Morgan fingerprint density at radius 1 is 1.12 bits per heavy atom. The molecule has 0 saturated carbocycles. The van der Waals surface area contributed by atoms with E-state index >= 15 is 0 Å².